The van der Waals surface area contributed by atoms with Crippen LogP contribution in [0.2, 0.25) is 0 Å². The van der Waals surface area contributed by atoms with E-state index in [0.29, 0.717) is 23.8 Å². The molecule has 0 aliphatic carbocycles. The monoisotopic (exact) mass is 595 g/mol. The Kier molecular flexibility index (Phi) is 11.5. The maximum Gasteiger partial charge on any atom is 0.154 e. The molecule has 2 aliphatic rings. The van der Waals surface area contributed by atoms with Gasteiger partial charge in [-0.05, 0) is 77.2 Å². The van der Waals surface area contributed by atoms with Crippen LogP contribution in [0.1, 0.15) is 70.7 Å². The Labute approximate surface area is 259 Å². The lowest BCUT2D eigenvalue weighted by atomic mass is 9.76. The normalized spacial score (nSPS) is 17.3. The molecule has 9 heteroatoms. The predicted molar refractivity (Wildman–Crippen MR) is 174 cm³/mol. The van der Waals surface area contributed by atoms with Gasteiger partial charge in [0.05, 0.1) is 6.61 Å². The van der Waals surface area contributed by atoms with Crippen LogP contribution in [0.3, 0.4) is 0 Å². The number of hydrogen-bond acceptors (Lipinski definition) is 8. The van der Waals surface area contributed by atoms with Crippen molar-refractivity contribution in [3.63, 3.8) is 0 Å². The quantitative estimate of drug-likeness (QED) is 0.263. The first-order chi connectivity index (χ1) is 20.6. The second-order valence-electron chi connectivity index (χ2n) is 13.4. The highest BCUT2D eigenvalue weighted by molar-refractivity contribution is 5.66. The Hall–Kier alpha value is -2.62. The molecule has 0 N–H and O–H groups in total. The second-order valence-corrected chi connectivity index (χ2v) is 13.4. The number of aromatic nitrogens is 3. The summed E-state index contributed by atoms with van der Waals surface area (Å²) in [7, 11) is 3.95. The molecule has 1 spiro atoms. The first-order valence-corrected chi connectivity index (χ1v) is 16.1. The van der Waals surface area contributed by atoms with Crippen LogP contribution in [-0.4, -0.2) is 109 Å². The number of rotatable bonds is 16. The van der Waals surface area contributed by atoms with Gasteiger partial charge in [-0.15, -0.1) is 10.2 Å². The molecule has 0 amide bonds. The molecule has 2 saturated heterocycles. The number of anilines is 1. The van der Waals surface area contributed by atoms with Crippen molar-refractivity contribution >= 4 is 11.5 Å². The summed E-state index contributed by atoms with van der Waals surface area (Å²) in [5.74, 6) is 1.28. The number of halogens is 1. The van der Waals surface area contributed by atoms with Crippen molar-refractivity contribution in [1.29, 1.82) is 0 Å². The van der Waals surface area contributed by atoms with E-state index in [2.05, 4.69) is 78.0 Å². The van der Waals surface area contributed by atoms with Gasteiger partial charge in [0, 0.05) is 81.6 Å². The highest BCUT2D eigenvalue weighted by Crippen LogP contribution is 2.43. The molecule has 0 saturated carbocycles. The van der Waals surface area contributed by atoms with Crippen LogP contribution in [-0.2, 0) is 11.2 Å². The van der Waals surface area contributed by atoms with E-state index in [1.54, 1.807) is 19.5 Å². The van der Waals surface area contributed by atoms with Crippen LogP contribution in [0, 0.1) is 17.2 Å². The third kappa shape index (κ3) is 8.11. The summed E-state index contributed by atoms with van der Waals surface area (Å²) >= 11 is 0. The SMILES string of the molecule is C=C(c1cc(F)ccc1Cc1nncnc1N1CCC2(C1)CN(C(CCCN(C)CCOC)C(C)C)C2)N(CC)C(C)C. The van der Waals surface area contributed by atoms with Crippen molar-refractivity contribution in [1.82, 2.24) is 29.9 Å². The summed E-state index contributed by atoms with van der Waals surface area (Å²) < 4.78 is 19.7. The van der Waals surface area contributed by atoms with Crippen molar-refractivity contribution in [3.8, 4) is 0 Å². The van der Waals surface area contributed by atoms with Crippen molar-refractivity contribution in [2.45, 2.75) is 72.4 Å². The molecule has 8 nitrogen and oxygen atoms in total. The molecular formula is C34H54FN7O. The Morgan fingerprint density at radius 2 is 1.93 bits per heavy atom. The average Bonchev–Trinajstić information content (AvgIpc) is 3.40. The molecule has 238 valence electrons. The van der Waals surface area contributed by atoms with Gasteiger partial charge >= 0.3 is 0 Å². The number of methoxy groups -OCH3 is 1. The summed E-state index contributed by atoms with van der Waals surface area (Å²) in [6.45, 7) is 23.4. The van der Waals surface area contributed by atoms with E-state index in [1.165, 1.54) is 18.9 Å². The molecule has 43 heavy (non-hydrogen) atoms. The van der Waals surface area contributed by atoms with Crippen molar-refractivity contribution < 1.29 is 9.13 Å². The van der Waals surface area contributed by atoms with Crippen molar-refractivity contribution in [2.24, 2.45) is 11.3 Å². The molecule has 1 aromatic heterocycles. The van der Waals surface area contributed by atoms with Gasteiger partial charge in [-0.3, -0.25) is 4.90 Å². The molecular weight excluding hydrogens is 541 g/mol. The summed E-state index contributed by atoms with van der Waals surface area (Å²) in [6.07, 6.45) is 5.68. The molecule has 4 rings (SSSR count). The van der Waals surface area contributed by atoms with Crippen LogP contribution < -0.4 is 4.90 Å². The van der Waals surface area contributed by atoms with E-state index >= 15 is 0 Å². The van der Waals surface area contributed by atoms with E-state index < -0.39 is 0 Å². The third-order valence-electron chi connectivity index (χ3n) is 9.49. The van der Waals surface area contributed by atoms with E-state index in [1.807, 2.05) is 6.07 Å². The summed E-state index contributed by atoms with van der Waals surface area (Å²) in [6, 6.07) is 5.87. The summed E-state index contributed by atoms with van der Waals surface area (Å²) in [5.41, 5.74) is 3.79. The molecule has 1 aromatic carbocycles. The van der Waals surface area contributed by atoms with Gasteiger partial charge < -0.3 is 19.4 Å². The molecule has 0 radical (unpaired) electrons. The number of hydrogen-bond donors (Lipinski definition) is 0. The smallest absolute Gasteiger partial charge is 0.154 e. The summed E-state index contributed by atoms with van der Waals surface area (Å²) in [4.78, 5) is 14.4. The maximum atomic E-state index is 14.4. The highest BCUT2D eigenvalue weighted by atomic mass is 19.1. The van der Waals surface area contributed by atoms with Crippen LogP contribution in [0.25, 0.3) is 5.70 Å². The lowest BCUT2D eigenvalue weighted by Gasteiger charge is -2.53. The number of likely N-dealkylation sites (tertiary alicyclic amines) is 1. The zero-order valence-electron chi connectivity index (χ0n) is 27.7. The van der Waals surface area contributed by atoms with Crippen LogP contribution >= 0.6 is 0 Å². The van der Waals surface area contributed by atoms with Crippen molar-refractivity contribution in [2.75, 3.05) is 71.5 Å². The first-order valence-electron chi connectivity index (χ1n) is 16.1. The first kappa shape index (κ1) is 33.3. The van der Waals surface area contributed by atoms with E-state index in [4.69, 9.17) is 9.72 Å². The standard InChI is InChI=1S/C34H54FN7O/c1-9-42(26(4)5)27(6)30-20-29(35)13-12-28(30)19-31-33(36-24-37-38-31)40-16-14-34(21-40)22-41(23-34)32(25(2)3)11-10-15-39(7)17-18-43-8/h12-13,20,24-26,32H,6,9-11,14-19,21-23H2,1-5,7-8H3. The van der Waals surface area contributed by atoms with Gasteiger partial charge in [-0.2, -0.15) is 0 Å². The van der Waals surface area contributed by atoms with Crippen LogP contribution in [0.15, 0.2) is 31.1 Å². The molecule has 0 bridgehead atoms. The second kappa shape index (κ2) is 14.9. The zero-order valence-corrected chi connectivity index (χ0v) is 27.7. The molecule has 1 unspecified atom stereocenters. The van der Waals surface area contributed by atoms with E-state index in [9.17, 15) is 4.39 Å². The Morgan fingerprint density at radius 3 is 2.60 bits per heavy atom. The van der Waals surface area contributed by atoms with Gasteiger partial charge in [0.25, 0.3) is 0 Å². The van der Waals surface area contributed by atoms with E-state index in [-0.39, 0.29) is 11.9 Å². The lowest BCUT2D eigenvalue weighted by molar-refractivity contribution is -0.0345. The largest absolute Gasteiger partial charge is 0.383 e. The lowest BCUT2D eigenvalue weighted by Crippen LogP contribution is -2.62. The van der Waals surface area contributed by atoms with Gasteiger partial charge in [-0.1, -0.05) is 26.5 Å². The van der Waals surface area contributed by atoms with Crippen LogP contribution in [0.5, 0.6) is 0 Å². The van der Waals surface area contributed by atoms with Crippen LogP contribution in [0.4, 0.5) is 10.2 Å². The number of benzene rings is 1. The fourth-order valence-corrected chi connectivity index (χ4v) is 7.14. The minimum absolute atomic E-state index is 0.258. The fourth-order valence-electron chi connectivity index (χ4n) is 7.14. The molecule has 2 aliphatic heterocycles. The molecule has 2 fully saturated rings. The van der Waals surface area contributed by atoms with Crippen molar-refractivity contribution in [3.05, 3.63) is 53.7 Å². The van der Waals surface area contributed by atoms with Gasteiger partial charge in [0.2, 0.25) is 0 Å². The van der Waals surface area contributed by atoms with Gasteiger partial charge in [0.1, 0.15) is 17.8 Å². The summed E-state index contributed by atoms with van der Waals surface area (Å²) in [5, 5.41) is 8.71. The number of nitrogens with zero attached hydrogens (tertiary/aromatic N) is 7. The minimum Gasteiger partial charge on any atom is -0.383 e. The third-order valence-corrected chi connectivity index (χ3v) is 9.49. The highest BCUT2D eigenvalue weighted by Gasteiger charge is 2.50. The Morgan fingerprint density at radius 1 is 1.16 bits per heavy atom. The molecule has 1 atom stereocenters. The average molecular weight is 596 g/mol. The van der Waals surface area contributed by atoms with E-state index in [0.717, 1.165) is 87.2 Å². The molecule has 2 aromatic rings. The zero-order chi connectivity index (χ0) is 31.1. The molecule has 3 heterocycles. The Balaban J connectivity index is 1.42. The predicted octanol–water partition coefficient (Wildman–Crippen LogP) is 5.20. The minimum atomic E-state index is -0.258. The van der Waals surface area contributed by atoms with Gasteiger partial charge in [0.15, 0.2) is 5.82 Å². The number of likely N-dealkylation sites (N-methyl/N-ethyl adjacent to an activating group) is 1. The maximum absolute atomic E-state index is 14.4. The topological polar surface area (TPSA) is 60.9 Å². The Bertz CT molecular complexity index is 1200. The number of ether oxygens (including phenoxy) is 1. The van der Waals surface area contributed by atoms with Gasteiger partial charge in [-0.25, -0.2) is 9.37 Å². The fraction of sp³-hybridized carbons (Fsp3) is 0.676.